The zero-order valence-electron chi connectivity index (χ0n) is 10.7. The molecule has 18 heavy (non-hydrogen) atoms. The Kier molecular flexibility index (Phi) is 4.43. The van der Waals surface area contributed by atoms with Crippen LogP contribution in [0.1, 0.15) is 44.9 Å². The Morgan fingerprint density at radius 2 is 2.22 bits per heavy atom. The third-order valence-electron chi connectivity index (χ3n) is 2.82. The van der Waals surface area contributed by atoms with Gasteiger partial charge in [-0.2, -0.15) is 4.98 Å². The molecule has 2 N–H and O–H groups in total. The fourth-order valence-electron chi connectivity index (χ4n) is 1.73. The van der Waals surface area contributed by atoms with Gasteiger partial charge in [-0.05, 0) is 19.8 Å². The van der Waals surface area contributed by atoms with Gasteiger partial charge < -0.3 is 10.3 Å². The van der Waals surface area contributed by atoms with Crippen molar-refractivity contribution in [2.45, 2.75) is 45.1 Å². The molecule has 2 atom stereocenters. The lowest BCUT2D eigenvalue weighted by Crippen LogP contribution is -2.14. The van der Waals surface area contributed by atoms with Crippen LogP contribution < -0.4 is 5.73 Å². The summed E-state index contributed by atoms with van der Waals surface area (Å²) in [5.41, 5.74) is 8.26. The Hall–Kier alpha value is -1.27. The molecule has 2 aromatic heterocycles. The predicted molar refractivity (Wildman–Crippen MR) is 71.3 cm³/mol. The van der Waals surface area contributed by atoms with E-state index in [2.05, 4.69) is 22.0 Å². The van der Waals surface area contributed by atoms with Gasteiger partial charge in [-0.3, -0.25) is 0 Å². The molecule has 0 amide bonds. The maximum absolute atomic E-state index is 5.73. The number of hydrogen-bond donors (Lipinski definition) is 1. The van der Waals surface area contributed by atoms with E-state index in [0.717, 1.165) is 25.0 Å². The first-order chi connectivity index (χ1) is 8.66. The van der Waals surface area contributed by atoms with Crippen LogP contribution in [0.5, 0.6) is 0 Å². The van der Waals surface area contributed by atoms with Crippen molar-refractivity contribution in [1.82, 2.24) is 15.1 Å². The molecule has 0 aromatic carbocycles. The van der Waals surface area contributed by atoms with Gasteiger partial charge in [-0.15, -0.1) is 11.3 Å². The van der Waals surface area contributed by atoms with E-state index in [1.807, 2.05) is 12.3 Å². The number of thiazole rings is 1. The molecule has 0 bridgehead atoms. The highest BCUT2D eigenvalue weighted by Gasteiger charge is 2.16. The largest absolute Gasteiger partial charge is 0.339 e. The minimum atomic E-state index is 0.255. The summed E-state index contributed by atoms with van der Waals surface area (Å²) in [7, 11) is 0. The second kappa shape index (κ2) is 6.06. The number of nitrogens with zero attached hydrogens (tertiary/aromatic N) is 3. The summed E-state index contributed by atoms with van der Waals surface area (Å²) in [5, 5.41) is 5.87. The molecule has 0 aliphatic heterocycles. The van der Waals surface area contributed by atoms with Crippen molar-refractivity contribution >= 4 is 11.3 Å². The molecule has 2 rings (SSSR count). The second-order valence-corrected chi connectivity index (χ2v) is 5.36. The van der Waals surface area contributed by atoms with Crippen molar-refractivity contribution in [1.29, 1.82) is 0 Å². The normalized spacial score (nSPS) is 14.6. The van der Waals surface area contributed by atoms with Gasteiger partial charge in [0.1, 0.15) is 5.69 Å². The molecule has 0 aliphatic rings. The van der Waals surface area contributed by atoms with Gasteiger partial charge in [-0.25, -0.2) is 4.98 Å². The van der Waals surface area contributed by atoms with Crippen LogP contribution in [-0.4, -0.2) is 21.2 Å². The molecule has 2 unspecified atom stereocenters. The van der Waals surface area contributed by atoms with Crippen molar-refractivity contribution in [2.75, 3.05) is 0 Å². The highest BCUT2D eigenvalue weighted by atomic mass is 32.1. The van der Waals surface area contributed by atoms with Gasteiger partial charge in [0.05, 0.1) is 5.51 Å². The van der Waals surface area contributed by atoms with Crippen LogP contribution in [0.2, 0.25) is 0 Å². The Labute approximate surface area is 110 Å². The second-order valence-electron chi connectivity index (χ2n) is 4.64. The highest BCUT2D eigenvalue weighted by Crippen LogP contribution is 2.23. The molecular formula is C12H18N4OS. The lowest BCUT2D eigenvalue weighted by molar-refractivity contribution is 0.349. The Morgan fingerprint density at radius 3 is 2.89 bits per heavy atom. The van der Waals surface area contributed by atoms with E-state index in [9.17, 15) is 0 Å². The van der Waals surface area contributed by atoms with Gasteiger partial charge >= 0.3 is 0 Å². The summed E-state index contributed by atoms with van der Waals surface area (Å²) >= 11 is 1.52. The third kappa shape index (κ3) is 3.36. The SMILES string of the molecule is CC(N)CCCC(C)c1nc(-c2cscn2)no1. The molecule has 2 heterocycles. The molecule has 0 saturated carbocycles. The quantitative estimate of drug-likeness (QED) is 0.869. The van der Waals surface area contributed by atoms with E-state index >= 15 is 0 Å². The Balaban J connectivity index is 1.93. The zero-order chi connectivity index (χ0) is 13.0. The van der Waals surface area contributed by atoms with Crippen LogP contribution in [0.15, 0.2) is 15.4 Å². The number of nitrogens with two attached hydrogens (primary N) is 1. The monoisotopic (exact) mass is 266 g/mol. The van der Waals surface area contributed by atoms with Crippen molar-refractivity contribution in [2.24, 2.45) is 5.73 Å². The van der Waals surface area contributed by atoms with Gasteiger partial charge in [0.15, 0.2) is 0 Å². The minimum Gasteiger partial charge on any atom is -0.339 e. The average Bonchev–Trinajstić information content (AvgIpc) is 2.99. The molecule has 98 valence electrons. The standard InChI is InChI=1S/C12H18N4OS/c1-8(4-3-5-9(2)13)12-15-11(16-17-12)10-6-18-7-14-10/h6-9H,3-5,13H2,1-2H3. The van der Waals surface area contributed by atoms with Gasteiger partial charge in [0, 0.05) is 17.3 Å². The molecule has 2 aromatic rings. The number of aromatic nitrogens is 3. The van der Waals surface area contributed by atoms with Gasteiger partial charge in [0.2, 0.25) is 11.7 Å². The predicted octanol–water partition coefficient (Wildman–Crippen LogP) is 2.81. The van der Waals surface area contributed by atoms with Crippen LogP contribution >= 0.6 is 11.3 Å². The molecule has 5 nitrogen and oxygen atoms in total. The summed E-state index contributed by atoms with van der Waals surface area (Å²) in [6.07, 6.45) is 3.12. The fourth-order valence-corrected chi connectivity index (χ4v) is 2.26. The van der Waals surface area contributed by atoms with E-state index in [1.54, 1.807) is 5.51 Å². The highest BCUT2D eigenvalue weighted by molar-refractivity contribution is 7.07. The first-order valence-corrected chi connectivity index (χ1v) is 7.09. The first kappa shape index (κ1) is 13.2. The topological polar surface area (TPSA) is 77.8 Å². The Morgan fingerprint density at radius 1 is 1.39 bits per heavy atom. The van der Waals surface area contributed by atoms with Crippen LogP contribution in [0.25, 0.3) is 11.5 Å². The average molecular weight is 266 g/mol. The molecular weight excluding hydrogens is 248 g/mol. The molecule has 0 spiro atoms. The van der Waals surface area contributed by atoms with E-state index < -0.39 is 0 Å². The number of hydrogen-bond acceptors (Lipinski definition) is 6. The van der Waals surface area contributed by atoms with Crippen molar-refractivity contribution in [3.05, 3.63) is 16.8 Å². The lowest BCUT2D eigenvalue weighted by atomic mass is 10.0. The maximum Gasteiger partial charge on any atom is 0.229 e. The maximum atomic E-state index is 5.73. The van der Waals surface area contributed by atoms with E-state index in [4.69, 9.17) is 10.3 Å². The summed E-state index contributed by atoms with van der Waals surface area (Å²) in [6, 6.07) is 0.255. The molecule has 0 aliphatic carbocycles. The Bertz CT molecular complexity index is 466. The summed E-state index contributed by atoms with van der Waals surface area (Å²) in [4.78, 5) is 8.55. The summed E-state index contributed by atoms with van der Waals surface area (Å²) in [6.45, 7) is 4.12. The van der Waals surface area contributed by atoms with E-state index in [0.29, 0.717) is 11.7 Å². The first-order valence-electron chi connectivity index (χ1n) is 6.14. The van der Waals surface area contributed by atoms with Gasteiger partial charge in [0.25, 0.3) is 0 Å². The fraction of sp³-hybridized carbons (Fsp3) is 0.583. The van der Waals surface area contributed by atoms with E-state index in [1.165, 1.54) is 11.3 Å². The zero-order valence-corrected chi connectivity index (χ0v) is 11.5. The molecule has 0 radical (unpaired) electrons. The van der Waals surface area contributed by atoms with Crippen molar-refractivity contribution < 1.29 is 4.52 Å². The van der Waals surface area contributed by atoms with E-state index in [-0.39, 0.29) is 12.0 Å². The van der Waals surface area contributed by atoms with Crippen molar-refractivity contribution in [3.8, 4) is 11.5 Å². The minimum absolute atomic E-state index is 0.255. The van der Waals surface area contributed by atoms with Gasteiger partial charge in [-0.1, -0.05) is 18.5 Å². The van der Waals surface area contributed by atoms with Crippen LogP contribution in [0.4, 0.5) is 0 Å². The smallest absolute Gasteiger partial charge is 0.229 e. The van der Waals surface area contributed by atoms with Crippen LogP contribution in [0, 0.1) is 0 Å². The summed E-state index contributed by atoms with van der Waals surface area (Å²) in [5.74, 6) is 1.52. The van der Waals surface area contributed by atoms with Crippen molar-refractivity contribution in [3.63, 3.8) is 0 Å². The lowest BCUT2D eigenvalue weighted by Gasteiger charge is -2.07. The molecule has 0 fully saturated rings. The van der Waals surface area contributed by atoms with Crippen LogP contribution in [0.3, 0.4) is 0 Å². The van der Waals surface area contributed by atoms with Crippen LogP contribution in [-0.2, 0) is 0 Å². The third-order valence-corrected chi connectivity index (χ3v) is 3.41. The molecule has 6 heteroatoms. The number of rotatable bonds is 6. The molecule has 0 saturated heterocycles. The summed E-state index contributed by atoms with van der Waals surface area (Å²) < 4.78 is 5.28.